The van der Waals surface area contributed by atoms with Crippen LogP contribution in [-0.2, 0) is 11.2 Å². The van der Waals surface area contributed by atoms with Crippen LogP contribution >= 0.6 is 11.3 Å². The van der Waals surface area contributed by atoms with Crippen molar-refractivity contribution in [2.45, 2.75) is 45.6 Å². The third-order valence-corrected chi connectivity index (χ3v) is 5.10. The van der Waals surface area contributed by atoms with Crippen molar-refractivity contribution in [2.75, 3.05) is 13.1 Å². The summed E-state index contributed by atoms with van der Waals surface area (Å²) in [5.74, 6) is 2.00. The molecule has 0 aromatic carbocycles. The zero-order chi connectivity index (χ0) is 15.5. The second-order valence-electron chi connectivity index (χ2n) is 5.87. The van der Waals surface area contributed by atoms with Gasteiger partial charge >= 0.3 is 0 Å². The highest BCUT2D eigenvalue weighted by Crippen LogP contribution is 2.23. The Hall–Kier alpha value is -1.69. The minimum Gasteiger partial charge on any atom is -0.341 e. The van der Waals surface area contributed by atoms with Crippen LogP contribution in [0, 0.1) is 13.8 Å². The van der Waals surface area contributed by atoms with Gasteiger partial charge in [0.15, 0.2) is 0 Å². The number of nitrogens with zero attached hydrogens (tertiary/aromatic N) is 4. The van der Waals surface area contributed by atoms with Crippen molar-refractivity contribution < 1.29 is 4.79 Å². The molecule has 118 valence electrons. The van der Waals surface area contributed by atoms with Gasteiger partial charge in [-0.1, -0.05) is 6.07 Å². The first kappa shape index (κ1) is 15.2. The maximum absolute atomic E-state index is 12.4. The fraction of sp³-hybridized carbons (Fsp3) is 0.562. The molecule has 1 fully saturated rings. The van der Waals surface area contributed by atoms with Gasteiger partial charge in [0.2, 0.25) is 5.91 Å². The largest absolute Gasteiger partial charge is 0.341 e. The van der Waals surface area contributed by atoms with E-state index in [9.17, 15) is 4.79 Å². The molecule has 0 radical (unpaired) electrons. The number of hydrogen-bond acceptors (Lipinski definition) is 4. The van der Waals surface area contributed by atoms with Gasteiger partial charge in [-0.25, -0.2) is 9.67 Å². The summed E-state index contributed by atoms with van der Waals surface area (Å²) in [6.07, 6.45) is 3.55. The smallest absolute Gasteiger partial charge is 0.223 e. The molecule has 0 aliphatic carbocycles. The van der Waals surface area contributed by atoms with Crippen LogP contribution in [0.15, 0.2) is 17.5 Å². The monoisotopic (exact) mass is 318 g/mol. The third kappa shape index (κ3) is 3.38. The molecule has 0 spiro atoms. The van der Waals surface area contributed by atoms with E-state index in [-0.39, 0.29) is 11.9 Å². The zero-order valence-corrected chi connectivity index (χ0v) is 14.0. The van der Waals surface area contributed by atoms with E-state index in [1.54, 1.807) is 11.3 Å². The average molecular weight is 318 g/mol. The van der Waals surface area contributed by atoms with Crippen LogP contribution in [0.5, 0.6) is 0 Å². The summed E-state index contributed by atoms with van der Waals surface area (Å²) in [5, 5.41) is 6.55. The summed E-state index contributed by atoms with van der Waals surface area (Å²) in [5.41, 5.74) is 0. The van der Waals surface area contributed by atoms with Crippen LogP contribution in [0.4, 0.5) is 0 Å². The van der Waals surface area contributed by atoms with Crippen molar-refractivity contribution in [3.05, 3.63) is 34.0 Å². The molecule has 2 aromatic rings. The van der Waals surface area contributed by atoms with Gasteiger partial charge < -0.3 is 4.90 Å². The molecule has 1 aliphatic rings. The first-order valence-corrected chi connectivity index (χ1v) is 8.71. The van der Waals surface area contributed by atoms with Crippen molar-refractivity contribution in [3.63, 3.8) is 0 Å². The first-order chi connectivity index (χ1) is 10.6. The highest BCUT2D eigenvalue weighted by Gasteiger charge is 2.26. The van der Waals surface area contributed by atoms with Crippen molar-refractivity contribution >= 4 is 17.2 Å². The highest BCUT2D eigenvalue weighted by molar-refractivity contribution is 7.09. The number of aryl methyl sites for hydroxylation is 3. The van der Waals surface area contributed by atoms with E-state index in [0.717, 1.165) is 44.0 Å². The van der Waals surface area contributed by atoms with E-state index in [0.29, 0.717) is 6.42 Å². The summed E-state index contributed by atoms with van der Waals surface area (Å²) in [6, 6.07) is 4.40. The number of thiophene rings is 1. The van der Waals surface area contributed by atoms with Gasteiger partial charge in [-0.15, -0.1) is 11.3 Å². The van der Waals surface area contributed by atoms with Gasteiger partial charge in [0.1, 0.15) is 11.6 Å². The molecule has 0 unspecified atom stereocenters. The summed E-state index contributed by atoms with van der Waals surface area (Å²) < 4.78 is 1.99. The molecule has 2 aromatic heterocycles. The van der Waals surface area contributed by atoms with Crippen LogP contribution < -0.4 is 0 Å². The molecule has 0 bridgehead atoms. The van der Waals surface area contributed by atoms with Gasteiger partial charge in [0, 0.05) is 24.4 Å². The third-order valence-electron chi connectivity index (χ3n) is 4.17. The molecule has 22 heavy (non-hydrogen) atoms. The fourth-order valence-corrected chi connectivity index (χ4v) is 3.81. The lowest BCUT2D eigenvalue weighted by molar-refractivity contribution is -0.132. The Morgan fingerprint density at radius 2 is 2.32 bits per heavy atom. The van der Waals surface area contributed by atoms with Crippen molar-refractivity contribution in [1.29, 1.82) is 0 Å². The van der Waals surface area contributed by atoms with Crippen LogP contribution in [0.2, 0.25) is 0 Å². The molecule has 3 rings (SSSR count). The molecule has 0 N–H and O–H groups in total. The number of carbonyl (C=O) groups is 1. The standard InChI is InChI=1S/C16H22N4OS/c1-12-17-13(2)20(18-12)14-5-3-9-19(11-14)16(21)8-7-15-6-4-10-22-15/h4,6,10,14H,3,5,7-9,11H2,1-2H3/t14-/m1/s1. The maximum atomic E-state index is 12.4. The van der Waals surface area contributed by atoms with Crippen molar-refractivity contribution in [3.8, 4) is 0 Å². The number of piperidine rings is 1. The Morgan fingerprint density at radius 1 is 1.45 bits per heavy atom. The van der Waals surface area contributed by atoms with E-state index in [4.69, 9.17) is 0 Å². The van der Waals surface area contributed by atoms with Gasteiger partial charge in [0.25, 0.3) is 0 Å². The first-order valence-electron chi connectivity index (χ1n) is 7.83. The van der Waals surface area contributed by atoms with Crippen LogP contribution in [-0.4, -0.2) is 38.7 Å². The summed E-state index contributed by atoms with van der Waals surface area (Å²) >= 11 is 1.72. The Labute approximate surface area is 135 Å². The topological polar surface area (TPSA) is 51.0 Å². The lowest BCUT2D eigenvalue weighted by atomic mass is 10.0. The van der Waals surface area contributed by atoms with E-state index < -0.39 is 0 Å². The summed E-state index contributed by atoms with van der Waals surface area (Å²) in [6.45, 7) is 5.52. The van der Waals surface area contributed by atoms with Crippen LogP contribution in [0.1, 0.15) is 41.8 Å². The summed E-state index contributed by atoms with van der Waals surface area (Å²) in [7, 11) is 0. The quantitative estimate of drug-likeness (QED) is 0.871. The van der Waals surface area contributed by atoms with Crippen molar-refractivity contribution in [1.82, 2.24) is 19.7 Å². The number of aromatic nitrogens is 3. The number of hydrogen-bond donors (Lipinski definition) is 0. The Kier molecular flexibility index (Phi) is 4.57. The predicted molar refractivity (Wildman–Crippen MR) is 87.0 cm³/mol. The molecular weight excluding hydrogens is 296 g/mol. The minimum atomic E-state index is 0.257. The van der Waals surface area contributed by atoms with E-state index in [1.807, 2.05) is 29.5 Å². The van der Waals surface area contributed by atoms with E-state index in [2.05, 4.69) is 21.5 Å². The van der Waals surface area contributed by atoms with Gasteiger partial charge in [-0.3, -0.25) is 4.79 Å². The maximum Gasteiger partial charge on any atom is 0.223 e. The Balaban J connectivity index is 1.60. The molecule has 0 saturated carbocycles. The van der Waals surface area contributed by atoms with E-state index >= 15 is 0 Å². The van der Waals surface area contributed by atoms with Crippen LogP contribution in [0.25, 0.3) is 0 Å². The minimum absolute atomic E-state index is 0.257. The number of amides is 1. The normalized spacial score (nSPS) is 18.6. The van der Waals surface area contributed by atoms with Crippen LogP contribution in [0.3, 0.4) is 0 Å². The lowest BCUT2D eigenvalue weighted by Crippen LogP contribution is -2.41. The molecular formula is C16H22N4OS. The van der Waals surface area contributed by atoms with Crippen molar-refractivity contribution in [2.24, 2.45) is 0 Å². The van der Waals surface area contributed by atoms with Gasteiger partial charge in [-0.2, -0.15) is 5.10 Å². The second kappa shape index (κ2) is 6.60. The number of likely N-dealkylation sites (tertiary alicyclic amines) is 1. The Morgan fingerprint density at radius 3 is 3.00 bits per heavy atom. The number of carbonyl (C=O) groups excluding carboxylic acids is 1. The van der Waals surface area contributed by atoms with E-state index in [1.165, 1.54) is 4.88 Å². The fourth-order valence-electron chi connectivity index (χ4n) is 3.11. The lowest BCUT2D eigenvalue weighted by Gasteiger charge is -2.33. The highest BCUT2D eigenvalue weighted by atomic mass is 32.1. The molecule has 6 heteroatoms. The molecule has 1 atom stereocenters. The summed E-state index contributed by atoms with van der Waals surface area (Å²) in [4.78, 5) is 20.1. The molecule has 1 amide bonds. The SMILES string of the molecule is Cc1nc(C)n([C@@H]2CCCN(C(=O)CCc3cccs3)C2)n1. The molecule has 1 saturated heterocycles. The zero-order valence-electron chi connectivity index (χ0n) is 13.2. The second-order valence-corrected chi connectivity index (χ2v) is 6.90. The van der Waals surface area contributed by atoms with Gasteiger partial charge in [-0.05, 0) is 44.6 Å². The molecule has 1 aliphatic heterocycles. The number of rotatable bonds is 4. The van der Waals surface area contributed by atoms with Gasteiger partial charge in [0.05, 0.1) is 6.04 Å². The molecule has 5 nitrogen and oxygen atoms in total. The molecule has 3 heterocycles. The average Bonchev–Trinajstić information content (AvgIpc) is 3.14. The Bertz CT molecular complexity index is 635. The predicted octanol–water partition coefficient (Wildman–Crippen LogP) is 2.75.